The van der Waals surface area contributed by atoms with E-state index in [0.29, 0.717) is 19.0 Å². The Kier molecular flexibility index (Phi) is 8.68. The molecule has 3 aromatic rings. The van der Waals surface area contributed by atoms with Gasteiger partial charge in [0.1, 0.15) is 17.2 Å². The first-order valence-corrected chi connectivity index (χ1v) is 9.18. The highest BCUT2D eigenvalue weighted by molar-refractivity contribution is 9.10. The molecule has 0 saturated carbocycles. The summed E-state index contributed by atoms with van der Waals surface area (Å²) in [5.74, 6) is 2.02. The molecule has 0 heterocycles. The van der Waals surface area contributed by atoms with E-state index in [-0.39, 0.29) is 0 Å². The van der Waals surface area contributed by atoms with Crippen molar-refractivity contribution in [1.82, 2.24) is 0 Å². The fraction of sp³-hybridized carbons (Fsp3) is 0.182. The zero-order valence-electron chi connectivity index (χ0n) is 15.4. The van der Waals surface area contributed by atoms with Crippen molar-refractivity contribution in [2.24, 2.45) is 0 Å². The largest absolute Gasteiger partial charge is 0.508 e. The summed E-state index contributed by atoms with van der Waals surface area (Å²) in [6.07, 6.45) is 0. The van der Waals surface area contributed by atoms with Gasteiger partial charge in [-0.2, -0.15) is 0 Å². The van der Waals surface area contributed by atoms with Gasteiger partial charge in [0.05, 0.1) is 27.4 Å². The van der Waals surface area contributed by atoms with Gasteiger partial charge in [0.15, 0.2) is 0 Å². The molecule has 3 rings (SSSR count). The summed E-state index contributed by atoms with van der Waals surface area (Å²) in [5, 5.41) is 8.74. The number of hydrogen-bond acceptors (Lipinski definition) is 4. The highest BCUT2D eigenvalue weighted by atomic mass is 79.9. The molecule has 0 fully saturated rings. The van der Waals surface area contributed by atoms with Crippen molar-refractivity contribution in [3.05, 3.63) is 88.4 Å². The molecule has 0 saturated heterocycles. The first-order chi connectivity index (χ1) is 13.1. The molecule has 0 bridgehead atoms. The van der Waals surface area contributed by atoms with Crippen LogP contribution in [0.25, 0.3) is 0 Å². The average Bonchev–Trinajstić information content (AvgIpc) is 2.72. The molecule has 0 atom stereocenters. The number of aromatic hydroxyl groups is 1. The molecule has 0 aromatic heterocycles. The summed E-state index contributed by atoms with van der Waals surface area (Å²) in [4.78, 5) is 0. The van der Waals surface area contributed by atoms with E-state index >= 15 is 0 Å². The SMILES string of the molecule is COc1ccc(COCc2ccc(OC)cc2)cc1.Oc1ccc(Br)cc1. The average molecular weight is 431 g/mol. The van der Waals surface area contributed by atoms with Gasteiger partial charge in [-0.1, -0.05) is 40.2 Å². The van der Waals surface area contributed by atoms with Crippen LogP contribution in [0.3, 0.4) is 0 Å². The van der Waals surface area contributed by atoms with Gasteiger partial charge in [-0.05, 0) is 59.7 Å². The molecular weight excluding hydrogens is 408 g/mol. The van der Waals surface area contributed by atoms with E-state index in [4.69, 9.17) is 19.3 Å². The van der Waals surface area contributed by atoms with Crippen molar-refractivity contribution in [3.8, 4) is 17.2 Å². The predicted molar refractivity (Wildman–Crippen MR) is 110 cm³/mol. The summed E-state index contributed by atoms with van der Waals surface area (Å²) < 4.78 is 16.9. The Morgan fingerprint density at radius 2 is 1.07 bits per heavy atom. The van der Waals surface area contributed by atoms with Crippen LogP contribution in [-0.2, 0) is 18.0 Å². The second-order valence-corrected chi connectivity index (χ2v) is 6.58. The van der Waals surface area contributed by atoms with E-state index in [1.165, 1.54) is 0 Å². The van der Waals surface area contributed by atoms with Gasteiger partial charge in [0.2, 0.25) is 0 Å². The standard InChI is InChI=1S/C16H18O3.C6H5BrO/c1-17-15-7-3-13(4-8-15)11-19-12-14-5-9-16(18-2)10-6-14;7-5-1-3-6(8)4-2-5/h3-10H,11-12H2,1-2H3;1-4,8H. The summed E-state index contributed by atoms with van der Waals surface area (Å²) >= 11 is 3.23. The first kappa shape index (κ1) is 20.8. The van der Waals surface area contributed by atoms with Crippen molar-refractivity contribution < 1.29 is 19.3 Å². The molecule has 0 aliphatic heterocycles. The van der Waals surface area contributed by atoms with E-state index in [9.17, 15) is 0 Å². The van der Waals surface area contributed by atoms with E-state index in [2.05, 4.69) is 15.9 Å². The topological polar surface area (TPSA) is 47.9 Å². The Morgan fingerprint density at radius 3 is 1.41 bits per heavy atom. The van der Waals surface area contributed by atoms with Crippen LogP contribution in [0.5, 0.6) is 17.2 Å². The van der Waals surface area contributed by atoms with Crippen LogP contribution in [-0.4, -0.2) is 19.3 Å². The maximum atomic E-state index is 8.74. The van der Waals surface area contributed by atoms with Crippen LogP contribution in [0.1, 0.15) is 11.1 Å². The number of rotatable bonds is 6. The molecule has 0 aliphatic rings. The molecule has 0 aliphatic carbocycles. The Labute approximate surface area is 168 Å². The van der Waals surface area contributed by atoms with Gasteiger partial charge in [-0.15, -0.1) is 0 Å². The van der Waals surface area contributed by atoms with Gasteiger partial charge in [0, 0.05) is 4.47 Å². The number of phenols is 1. The molecule has 1 N–H and O–H groups in total. The minimum Gasteiger partial charge on any atom is -0.508 e. The lowest BCUT2D eigenvalue weighted by Crippen LogP contribution is -1.94. The molecular formula is C22H23BrO4. The Hall–Kier alpha value is -2.50. The van der Waals surface area contributed by atoms with Crippen LogP contribution in [0, 0.1) is 0 Å². The molecule has 3 aromatic carbocycles. The highest BCUT2D eigenvalue weighted by Gasteiger charge is 1.97. The lowest BCUT2D eigenvalue weighted by molar-refractivity contribution is 0.107. The second kappa shape index (κ2) is 11.3. The lowest BCUT2D eigenvalue weighted by atomic mass is 10.2. The van der Waals surface area contributed by atoms with Crippen LogP contribution in [0.2, 0.25) is 0 Å². The number of benzene rings is 3. The predicted octanol–water partition coefficient (Wildman–Crippen LogP) is 5.58. The zero-order valence-corrected chi connectivity index (χ0v) is 17.0. The van der Waals surface area contributed by atoms with E-state index < -0.39 is 0 Å². The normalized spacial score (nSPS) is 9.89. The minimum absolute atomic E-state index is 0.299. The van der Waals surface area contributed by atoms with Crippen molar-refractivity contribution in [1.29, 1.82) is 0 Å². The molecule has 0 amide bonds. The summed E-state index contributed by atoms with van der Waals surface area (Å²) in [7, 11) is 3.32. The molecule has 27 heavy (non-hydrogen) atoms. The maximum absolute atomic E-state index is 8.74. The van der Waals surface area contributed by atoms with Crippen molar-refractivity contribution in [2.75, 3.05) is 14.2 Å². The third-order valence-electron chi connectivity index (χ3n) is 3.68. The number of halogens is 1. The van der Waals surface area contributed by atoms with Gasteiger partial charge in [-0.3, -0.25) is 0 Å². The van der Waals surface area contributed by atoms with Gasteiger partial charge >= 0.3 is 0 Å². The molecule has 5 heteroatoms. The molecule has 142 valence electrons. The number of phenolic OH excluding ortho intramolecular Hbond substituents is 1. The van der Waals surface area contributed by atoms with Crippen molar-refractivity contribution in [2.45, 2.75) is 13.2 Å². The zero-order chi connectivity index (χ0) is 19.5. The third-order valence-corrected chi connectivity index (χ3v) is 4.21. The van der Waals surface area contributed by atoms with Crippen LogP contribution in [0.4, 0.5) is 0 Å². The lowest BCUT2D eigenvalue weighted by Gasteiger charge is -2.06. The van der Waals surface area contributed by atoms with Crippen LogP contribution in [0.15, 0.2) is 77.3 Å². The monoisotopic (exact) mass is 430 g/mol. The number of ether oxygens (including phenoxy) is 3. The second-order valence-electron chi connectivity index (χ2n) is 5.67. The van der Waals surface area contributed by atoms with Crippen molar-refractivity contribution in [3.63, 3.8) is 0 Å². The van der Waals surface area contributed by atoms with E-state index in [0.717, 1.165) is 27.1 Å². The fourth-order valence-electron chi connectivity index (χ4n) is 2.17. The Morgan fingerprint density at radius 1 is 0.667 bits per heavy atom. The van der Waals surface area contributed by atoms with Crippen LogP contribution >= 0.6 is 15.9 Å². The van der Waals surface area contributed by atoms with Gasteiger partial charge in [-0.25, -0.2) is 0 Å². The van der Waals surface area contributed by atoms with Gasteiger partial charge in [0.25, 0.3) is 0 Å². The Bertz CT molecular complexity index is 716. The summed E-state index contributed by atoms with van der Waals surface area (Å²) in [5.41, 5.74) is 2.27. The van der Waals surface area contributed by atoms with E-state index in [1.54, 1.807) is 38.5 Å². The van der Waals surface area contributed by atoms with E-state index in [1.807, 2.05) is 48.5 Å². The van der Waals surface area contributed by atoms with Crippen molar-refractivity contribution >= 4 is 15.9 Å². The smallest absolute Gasteiger partial charge is 0.118 e. The third kappa shape index (κ3) is 7.72. The van der Waals surface area contributed by atoms with Crippen LogP contribution < -0.4 is 9.47 Å². The summed E-state index contributed by atoms with van der Waals surface area (Å²) in [6.45, 7) is 1.19. The molecule has 0 radical (unpaired) electrons. The summed E-state index contributed by atoms with van der Waals surface area (Å²) in [6, 6.07) is 22.6. The molecule has 4 nitrogen and oxygen atoms in total. The van der Waals surface area contributed by atoms with Gasteiger partial charge < -0.3 is 19.3 Å². The maximum Gasteiger partial charge on any atom is 0.118 e. The number of methoxy groups -OCH3 is 2. The minimum atomic E-state index is 0.299. The Balaban J connectivity index is 0.000000273. The number of hydrogen-bond donors (Lipinski definition) is 1. The first-order valence-electron chi connectivity index (χ1n) is 8.39. The fourth-order valence-corrected chi connectivity index (χ4v) is 2.44. The molecule has 0 unspecified atom stereocenters. The highest BCUT2D eigenvalue weighted by Crippen LogP contribution is 2.15. The quantitative estimate of drug-likeness (QED) is 0.554. The molecule has 0 spiro atoms.